The summed E-state index contributed by atoms with van der Waals surface area (Å²) in [5.41, 5.74) is 2.79. The Hall–Kier alpha value is -4.21. The third-order valence-electron chi connectivity index (χ3n) is 3.91. The first-order valence-electron chi connectivity index (χ1n) is 8.19. The number of nitrogens with one attached hydrogen (secondary N) is 2. The molecular formula is C18H14N6O4. The first-order chi connectivity index (χ1) is 13.5. The Balaban J connectivity index is 1.61. The average Bonchev–Trinajstić information content (AvgIpc) is 3.27. The van der Waals surface area contributed by atoms with Crippen molar-refractivity contribution in [1.82, 2.24) is 19.8 Å². The number of hydrogen-bond donors (Lipinski definition) is 3. The number of carboxylic acids is 1. The highest BCUT2D eigenvalue weighted by Gasteiger charge is 2.15. The minimum atomic E-state index is -1.10. The Labute approximate surface area is 157 Å². The molecule has 10 heteroatoms. The number of urea groups is 1. The van der Waals surface area contributed by atoms with E-state index in [9.17, 15) is 14.7 Å². The van der Waals surface area contributed by atoms with E-state index in [0.717, 1.165) is 5.56 Å². The number of amides is 2. The van der Waals surface area contributed by atoms with Crippen LogP contribution in [0.15, 0.2) is 53.3 Å². The van der Waals surface area contributed by atoms with Gasteiger partial charge >= 0.3 is 12.0 Å². The Morgan fingerprint density at radius 3 is 2.79 bits per heavy atom. The fraction of sp³-hybridized carbons (Fsp3) is 0.0556. The van der Waals surface area contributed by atoms with Crippen molar-refractivity contribution in [1.29, 1.82) is 0 Å². The van der Waals surface area contributed by atoms with E-state index >= 15 is 0 Å². The van der Waals surface area contributed by atoms with Gasteiger partial charge in [0.15, 0.2) is 5.65 Å². The van der Waals surface area contributed by atoms with Gasteiger partial charge in [-0.05, 0) is 25.1 Å². The first kappa shape index (κ1) is 17.2. The van der Waals surface area contributed by atoms with Gasteiger partial charge in [-0.15, -0.1) is 0 Å². The summed E-state index contributed by atoms with van der Waals surface area (Å²) in [7, 11) is 0. The van der Waals surface area contributed by atoms with E-state index in [1.54, 1.807) is 37.3 Å². The molecule has 1 aromatic carbocycles. The maximum Gasteiger partial charge on any atom is 0.341 e. The van der Waals surface area contributed by atoms with E-state index in [2.05, 4.69) is 25.9 Å². The van der Waals surface area contributed by atoms with Crippen molar-refractivity contribution in [3.63, 3.8) is 0 Å². The summed E-state index contributed by atoms with van der Waals surface area (Å²) in [4.78, 5) is 27.5. The van der Waals surface area contributed by atoms with Crippen LogP contribution in [0.4, 0.5) is 16.4 Å². The van der Waals surface area contributed by atoms with Gasteiger partial charge < -0.3 is 14.9 Å². The van der Waals surface area contributed by atoms with Gasteiger partial charge in [0.05, 0.1) is 17.6 Å². The summed E-state index contributed by atoms with van der Waals surface area (Å²) in [5, 5.41) is 22.3. The lowest BCUT2D eigenvalue weighted by atomic mass is 10.1. The normalized spacial score (nSPS) is 10.8. The highest BCUT2D eigenvalue weighted by molar-refractivity contribution is 5.99. The lowest BCUT2D eigenvalue weighted by Gasteiger charge is -2.09. The number of fused-ring (bicyclic) bond motifs is 1. The van der Waals surface area contributed by atoms with E-state index in [0.29, 0.717) is 17.1 Å². The molecule has 140 valence electrons. The number of aryl methyl sites for hydroxylation is 1. The van der Waals surface area contributed by atoms with Gasteiger partial charge in [-0.25, -0.2) is 19.1 Å². The Morgan fingerprint density at radius 1 is 1.18 bits per heavy atom. The van der Waals surface area contributed by atoms with E-state index in [4.69, 9.17) is 4.52 Å². The van der Waals surface area contributed by atoms with Crippen LogP contribution in [0.5, 0.6) is 0 Å². The molecule has 0 fully saturated rings. The molecule has 4 rings (SSSR count). The SMILES string of the molecule is Cc1cc(NC(=O)Nc2cccc(-c3ccnc4c(C(=O)O)cnn34)c2)on1. The molecule has 0 saturated carbocycles. The Bertz CT molecular complexity index is 1200. The standard InChI is InChI=1S/C18H14N6O4/c1-10-7-15(28-23-10)22-18(27)21-12-4-2-3-11(8-12)14-5-6-19-16-13(17(25)26)9-20-24(14)16/h2-9H,1H3,(H,25,26)(H2,21,22,27). The summed E-state index contributed by atoms with van der Waals surface area (Å²) in [5.74, 6) is -0.867. The number of nitrogens with zero attached hydrogens (tertiary/aromatic N) is 4. The van der Waals surface area contributed by atoms with Crippen molar-refractivity contribution in [2.45, 2.75) is 6.92 Å². The van der Waals surface area contributed by atoms with Gasteiger partial charge in [0.2, 0.25) is 5.88 Å². The van der Waals surface area contributed by atoms with Crippen LogP contribution in [0.3, 0.4) is 0 Å². The molecule has 3 N–H and O–H groups in total. The van der Waals surface area contributed by atoms with Crippen LogP contribution in [0.1, 0.15) is 16.1 Å². The molecule has 28 heavy (non-hydrogen) atoms. The van der Waals surface area contributed by atoms with Gasteiger partial charge in [0.1, 0.15) is 5.56 Å². The topological polar surface area (TPSA) is 135 Å². The smallest absolute Gasteiger partial charge is 0.341 e. The minimum Gasteiger partial charge on any atom is -0.477 e. The van der Waals surface area contributed by atoms with Crippen LogP contribution in [-0.2, 0) is 0 Å². The van der Waals surface area contributed by atoms with Crippen LogP contribution in [0.2, 0.25) is 0 Å². The zero-order valence-corrected chi connectivity index (χ0v) is 14.6. The molecule has 0 atom stereocenters. The number of carboxylic acid groups (broad SMARTS) is 1. The van der Waals surface area contributed by atoms with Crippen molar-refractivity contribution in [3.05, 3.63) is 60.0 Å². The van der Waals surface area contributed by atoms with Crippen molar-refractivity contribution >= 4 is 29.2 Å². The maximum atomic E-state index is 12.1. The minimum absolute atomic E-state index is 0.0119. The number of carbonyl (C=O) groups excluding carboxylic acids is 1. The van der Waals surface area contributed by atoms with Gasteiger partial charge in [-0.2, -0.15) is 5.10 Å². The first-order valence-corrected chi connectivity index (χ1v) is 8.19. The highest BCUT2D eigenvalue weighted by atomic mass is 16.5. The molecule has 0 aliphatic rings. The lowest BCUT2D eigenvalue weighted by Crippen LogP contribution is -2.19. The zero-order valence-electron chi connectivity index (χ0n) is 14.6. The Kier molecular flexibility index (Phi) is 4.20. The number of rotatable bonds is 4. The molecule has 0 radical (unpaired) electrons. The lowest BCUT2D eigenvalue weighted by molar-refractivity contribution is 0.0698. The summed E-state index contributed by atoms with van der Waals surface area (Å²) in [6.07, 6.45) is 2.76. The fourth-order valence-corrected chi connectivity index (χ4v) is 2.71. The van der Waals surface area contributed by atoms with Crippen LogP contribution >= 0.6 is 0 Å². The van der Waals surface area contributed by atoms with Crippen LogP contribution < -0.4 is 10.6 Å². The molecule has 0 aliphatic heterocycles. The molecule has 10 nitrogen and oxygen atoms in total. The van der Waals surface area contributed by atoms with Gasteiger partial charge in [-0.3, -0.25) is 5.32 Å². The van der Waals surface area contributed by atoms with E-state index in [1.165, 1.54) is 16.9 Å². The zero-order chi connectivity index (χ0) is 19.7. The largest absolute Gasteiger partial charge is 0.477 e. The van der Waals surface area contributed by atoms with Gasteiger partial charge in [0, 0.05) is 23.5 Å². The summed E-state index contributed by atoms with van der Waals surface area (Å²) >= 11 is 0. The van der Waals surface area contributed by atoms with E-state index < -0.39 is 12.0 Å². The van der Waals surface area contributed by atoms with Crippen molar-refractivity contribution in [3.8, 4) is 11.3 Å². The number of hydrogen-bond acceptors (Lipinski definition) is 6. The number of benzene rings is 1. The monoisotopic (exact) mass is 378 g/mol. The quantitative estimate of drug-likeness (QED) is 0.497. The second-order valence-electron chi connectivity index (χ2n) is 5.92. The third-order valence-corrected chi connectivity index (χ3v) is 3.91. The van der Waals surface area contributed by atoms with E-state index in [-0.39, 0.29) is 17.1 Å². The van der Waals surface area contributed by atoms with Gasteiger partial charge in [-0.1, -0.05) is 17.3 Å². The summed E-state index contributed by atoms with van der Waals surface area (Å²) in [6.45, 7) is 1.75. The van der Waals surface area contributed by atoms with Crippen molar-refractivity contribution in [2.75, 3.05) is 10.6 Å². The van der Waals surface area contributed by atoms with Crippen LogP contribution in [0.25, 0.3) is 16.9 Å². The summed E-state index contributed by atoms with van der Waals surface area (Å²) < 4.78 is 6.39. The van der Waals surface area contributed by atoms with Crippen LogP contribution in [0, 0.1) is 6.92 Å². The number of aromatic nitrogens is 4. The molecule has 0 aliphatic carbocycles. The Morgan fingerprint density at radius 2 is 2.04 bits per heavy atom. The molecular weight excluding hydrogens is 364 g/mol. The average molecular weight is 378 g/mol. The predicted octanol–water partition coefficient (Wildman–Crippen LogP) is 3.03. The molecule has 3 heterocycles. The fourth-order valence-electron chi connectivity index (χ4n) is 2.71. The van der Waals surface area contributed by atoms with Crippen molar-refractivity contribution in [2.24, 2.45) is 0 Å². The van der Waals surface area contributed by atoms with E-state index in [1.807, 2.05) is 6.07 Å². The number of aromatic carboxylic acids is 1. The van der Waals surface area contributed by atoms with Crippen LogP contribution in [-0.4, -0.2) is 36.9 Å². The molecule has 0 bridgehead atoms. The van der Waals surface area contributed by atoms with Gasteiger partial charge in [0.25, 0.3) is 0 Å². The highest BCUT2D eigenvalue weighted by Crippen LogP contribution is 2.24. The predicted molar refractivity (Wildman–Crippen MR) is 99.3 cm³/mol. The molecule has 3 aromatic heterocycles. The maximum absolute atomic E-state index is 12.1. The number of carbonyl (C=O) groups is 2. The molecule has 0 spiro atoms. The second-order valence-corrected chi connectivity index (χ2v) is 5.92. The summed E-state index contributed by atoms with van der Waals surface area (Å²) in [6, 6.07) is 9.86. The second kappa shape index (κ2) is 6.83. The molecule has 2 amide bonds. The molecule has 0 saturated heterocycles. The molecule has 4 aromatic rings. The number of anilines is 2. The molecule has 0 unspecified atom stereocenters. The van der Waals surface area contributed by atoms with Crippen molar-refractivity contribution < 1.29 is 19.2 Å². The third kappa shape index (κ3) is 3.26.